The summed E-state index contributed by atoms with van der Waals surface area (Å²) >= 11 is 0. The smallest absolute Gasteiger partial charge is 0.0705 e. The normalized spacial score (nSPS) is 10.6. The third-order valence-electron chi connectivity index (χ3n) is 3.91. The van der Waals surface area contributed by atoms with Gasteiger partial charge in [0.2, 0.25) is 0 Å². The lowest BCUT2D eigenvalue weighted by molar-refractivity contribution is 1.32. The molecule has 110 valence electrons. The molecule has 0 amide bonds. The van der Waals surface area contributed by atoms with Crippen LogP contribution < -0.4 is 11.1 Å². The van der Waals surface area contributed by atoms with Crippen LogP contribution in [0, 0.1) is 13.8 Å². The molecule has 0 unspecified atom stereocenters. The molecular weight excluding hydrogens is 270 g/mol. The van der Waals surface area contributed by atoms with Crippen molar-refractivity contribution in [3.8, 4) is 0 Å². The first-order valence-corrected chi connectivity index (χ1v) is 7.23. The van der Waals surface area contributed by atoms with Gasteiger partial charge in [-0.05, 0) is 49.2 Å². The molecule has 0 radical (unpaired) electrons. The number of nitrogens with zero attached hydrogens (tertiary/aromatic N) is 1. The lowest BCUT2D eigenvalue weighted by atomic mass is 10.0. The molecule has 3 aromatic rings. The van der Waals surface area contributed by atoms with E-state index in [9.17, 15) is 0 Å². The van der Waals surface area contributed by atoms with Crippen molar-refractivity contribution >= 4 is 28.0 Å². The van der Waals surface area contributed by atoms with Crippen molar-refractivity contribution < 1.29 is 0 Å². The molecule has 0 fully saturated rings. The molecule has 1 aromatic heterocycles. The lowest BCUT2D eigenvalue weighted by Gasteiger charge is -2.15. The van der Waals surface area contributed by atoms with Crippen LogP contribution in [0.25, 0.3) is 16.6 Å². The number of hydrogen-bond acceptors (Lipinski definition) is 3. The largest absolute Gasteiger partial charge is 0.399 e. The van der Waals surface area contributed by atoms with Gasteiger partial charge in [-0.15, -0.1) is 0 Å². The predicted molar refractivity (Wildman–Crippen MR) is 94.7 cm³/mol. The number of para-hydroxylation sites is 1. The first-order valence-electron chi connectivity index (χ1n) is 7.23. The minimum Gasteiger partial charge on any atom is -0.399 e. The molecule has 0 spiro atoms. The van der Waals surface area contributed by atoms with Crippen molar-refractivity contribution in [3.05, 3.63) is 71.9 Å². The molecule has 0 atom stereocenters. The van der Waals surface area contributed by atoms with Crippen molar-refractivity contribution in [1.29, 1.82) is 0 Å². The van der Waals surface area contributed by atoms with Gasteiger partial charge < -0.3 is 11.1 Å². The van der Waals surface area contributed by atoms with Crippen LogP contribution in [0.2, 0.25) is 0 Å². The second-order valence-electron chi connectivity index (χ2n) is 5.49. The molecule has 0 saturated carbocycles. The lowest BCUT2D eigenvalue weighted by Crippen LogP contribution is -2.02. The Balaban J connectivity index is 1.97. The number of nitrogens with two attached hydrogens (primary N) is 1. The quantitative estimate of drug-likeness (QED) is 0.697. The van der Waals surface area contributed by atoms with Gasteiger partial charge in [-0.1, -0.05) is 24.8 Å². The number of hydrogen-bond donors (Lipinski definition) is 2. The number of nitrogens with one attached hydrogen (secondary N) is 1. The Morgan fingerprint density at radius 3 is 2.68 bits per heavy atom. The summed E-state index contributed by atoms with van der Waals surface area (Å²) in [5.74, 6) is 0. The Morgan fingerprint density at radius 1 is 1.14 bits per heavy atom. The van der Waals surface area contributed by atoms with E-state index in [0.29, 0.717) is 0 Å². The average molecular weight is 289 g/mol. The first kappa shape index (κ1) is 14.1. The fourth-order valence-electron chi connectivity index (χ4n) is 2.64. The monoisotopic (exact) mass is 289 g/mol. The molecule has 2 aromatic carbocycles. The Morgan fingerprint density at radius 2 is 1.91 bits per heavy atom. The summed E-state index contributed by atoms with van der Waals surface area (Å²) in [5, 5.41) is 4.52. The zero-order valence-electron chi connectivity index (χ0n) is 12.9. The Bertz CT molecular complexity index is 866. The van der Waals surface area contributed by atoms with Gasteiger partial charge in [0, 0.05) is 34.2 Å². The Labute approximate surface area is 130 Å². The number of fused-ring (bicyclic) bond motifs is 1. The van der Waals surface area contributed by atoms with E-state index in [1.807, 2.05) is 49.5 Å². The van der Waals surface area contributed by atoms with E-state index in [1.165, 1.54) is 5.56 Å². The zero-order valence-corrected chi connectivity index (χ0v) is 12.9. The highest BCUT2D eigenvalue weighted by atomic mass is 14.9. The van der Waals surface area contributed by atoms with E-state index in [2.05, 4.69) is 29.9 Å². The summed E-state index contributed by atoms with van der Waals surface area (Å²) in [6, 6.07) is 13.9. The van der Waals surface area contributed by atoms with Gasteiger partial charge in [0.1, 0.15) is 0 Å². The third-order valence-corrected chi connectivity index (χ3v) is 3.91. The predicted octanol–water partition coefficient (Wildman–Crippen LogP) is 4.52. The van der Waals surface area contributed by atoms with Crippen LogP contribution in [0.5, 0.6) is 0 Å². The van der Waals surface area contributed by atoms with Gasteiger partial charge in [0.05, 0.1) is 5.52 Å². The van der Waals surface area contributed by atoms with E-state index < -0.39 is 0 Å². The maximum absolute atomic E-state index is 5.80. The summed E-state index contributed by atoms with van der Waals surface area (Å²) in [5.41, 5.74) is 12.7. The molecule has 1 heterocycles. The van der Waals surface area contributed by atoms with Crippen molar-refractivity contribution in [2.75, 3.05) is 11.1 Å². The van der Waals surface area contributed by atoms with E-state index >= 15 is 0 Å². The van der Waals surface area contributed by atoms with E-state index in [4.69, 9.17) is 5.73 Å². The average Bonchev–Trinajstić information content (AvgIpc) is 2.50. The van der Waals surface area contributed by atoms with Gasteiger partial charge >= 0.3 is 0 Å². The van der Waals surface area contributed by atoms with Gasteiger partial charge in [0.25, 0.3) is 0 Å². The van der Waals surface area contributed by atoms with Crippen molar-refractivity contribution in [3.63, 3.8) is 0 Å². The number of rotatable bonds is 3. The second-order valence-corrected chi connectivity index (χ2v) is 5.49. The van der Waals surface area contributed by atoms with Gasteiger partial charge in [-0.2, -0.15) is 0 Å². The maximum Gasteiger partial charge on any atom is 0.0705 e. The molecule has 0 saturated heterocycles. The zero-order chi connectivity index (χ0) is 15.7. The van der Waals surface area contributed by atoms with Crippen LogP contribution in [0.1, 0.15) is 16.7 Å². The highest BCUT2D eigenvalue weighted by Gasteiger charge is 2.09. The summed E-state index contributed by atoms with van der Waals surface area (Å²) in [6.45, 7) is 8.29. The maximum atomic E-state index is 5.80. The number of aryl methyl sites for hydroxylation is 2. The molecule has 0 bridgehead atoms. The number of nitrogen functional groups attached to an aromatic ring is 1. The van der Waals surface area contributed by atoms with Crippen molar-refractivity contribution in [2.45, 2.75) is 13.8 Å². The second kappa shape index (κ2) is 5.53. The number of pyridine rings is 1. The van der Waals surface area contributed by atoms with E-state index in [-0.39, 0.29) is 0 Å². The fraction of sp³-hybridized carbons (Fsp3) is 0.105. The topological polar surface area (TPSA) is 50.9 Å². The highest BCUT2D eigenvalue weighted by molar-refractivity contribution is 5.88. The summed E-state index contributed by atoms with van der Waals surface area (Å²) in [7, 11) is 0. The fourth-order valence-corrected chi connectivity index (χ4v) is 2.64. The van der Waals surface area contributed by atoms with Crippen molar-refractivity contribution in [1.82, 2.24) is 4.98 Å². The van der Waals surface area contributed by atoms with Crippen LogP contribution in [-0.2, 0) is 0 Å². The van der Waals surface area contributed by atoms with Gasteiger partial charge in [0.15, 0.2) is 0 Å². The van der Waals surface area contributed by atoms with Crippen LogP contribution in [0.15, 0.2) is 55.2 Å². The van der Waals surface area contributed by atoms with Crippen LogP contribution >= 0.6 is 0 Å². The molecular formula is C19H19N3. The molecule has 3 nitrogen and oxygen atoms in total. The molecule has 0 aliphatic heterocycles. The Hall–Kier alpha value is -2.81. The molecule has 0 aliphatic carbocycles. The summed E-state index contributed by atoms with van der Waals surface area (Å²) in [4.78, 5) is 4.52. The van der Waals surface area contributed by atoms with E-state index in [1.54, 1.807) is 0 Å². The summed E-state index contributed by atoms with van der Waals surface area (Å²) < 4.78 is 0. The van der Waals surface area contributed by atoms with Crippen LogP contribution in [0.4, 0.5) is 11.4 Å². The minimum absolute atomic E-state index is 0.761. The molecule has 3 heteroatoms. The van der Waals surface area contributed by atoms with Crippen molar-refractivity contribution in [2.24, 2.45) is 0 Å². The number of anilines is 2. The number of benzene rings is 2. The highest BCUT2D eigenvalue weighted by Crippen LogP contribution is 2.27. The Kier molecular flexibility index (Phi) is 3.55. The third kappa shape index (κ3) is 2.53. The standard InChI is InChI=1S/C19H19N3/c1-12-10-15(20)8-9-18(12)22-14(3)17-11-21-19-7-5-4-6-16(19)13(17)2/h4-11,22H,3,20H2,1-2H3. The first-order chi connectivity index (χ1) is 10.6. The van der Waals surface area contributed by atoms with E-state index in [0.717, 1.165) is 39.1 Å². The van der Waals surface area contributed by atoms with Gasteiger partial charge in [-0.25, -0.2) is 0 Å². The van der Waals surface area contributed by atoms with Crippen LogP contribution in [-0.4, -0.2) is 4.98 Å². The minimum atomic E-state index is 0.761. The van der Waals surface area contributed by atoms with Gasteiger partial charge in [-0.3, -0.25) is 4.98 Å². The number of aromatic nitrogens is 1. The SMILES string of the molecule is C=C(Nc1ccc(N)cc1C)c1cnc2ccccc2c1C. The molecule has 0 aliphatic rings. The molecule has 22 heavy (non-hydrogen) atoms. The summed E-state index contributed by atoms with van der Waals surface area (Å²) in [6.07, 6.45) is 1.87. The van der Waals surface area contributed by atoms with Crippen LogP contribution in [0.3, 0.4) is 0 Å². The molecule has 3 N–H and O–H groups in total. The molecule has 3 rings (SSSR count).